The van der Waals surface area contributed by atoms with Crippen LogP contribution in [0.3, 0.4) is 0 Å². The van der Waals surface area contributed by atoms with Crippen LogP contribution < -0.4 is 0 Å². The smallest absolute Gasteiger partial charge is 0.158 e. The van der Waals surface area contributed by atoms with Gasteiger partial charge in [0.25, 0.3) is 0 Å². The van der Waals surface area contributed by atoms with Crippen molar-refractivity contribution in [3.63, 3.8) is 0 Å². The summed E-state index contributed by atoms with van der Waals surface area (Å²) < 4.78 is 0. The monoisotopic (exact) mass is 258 g/mol. The molecule has 4 heteroatoms. The zero-order valence-electron chi connectivity index (χ0n) is 9.85. The third-order valence-corrected chi connectivity index (χ3v) is 3.87. The van der Waals surface area contributed by atoms with Gasteiger partial charge in [0, 0.05) is 23.3 Å². The van der Waals surface area contributed by atoms with Crippen molar-refractivity contribution in [3.8, 4) is 12.1 Å². The lowest BCUT2D eigenvalue weighted by Gasteiger charge is -2.23. The molecule has 90 valence electrons. The first-order valence-electron chi connectivity index (χ1n) is 5.65. The van der Waals surface area contributed by atoms with E-state index in [1.54, 1.807) is 31.2 Å². The third-order valence-electron chi connectivity index (χ3n) is 3.62. The molecule has 0 unspecified atom stereocenters. The minimum Gasteiger partial charge on any atom is -0.299 e. The number of halogens is 1. The summed E-state index contributed by atoms with van der Waals surface area (Å²) in [5.74, 6) is -0.721. The fourth-order valence-electron chi connectivity index (χ4n) is 2.64. The molecule has 0 saturated heterocycles. The van der Waals surface area contributed by atoms with Gasteiger partial charge in [0.15, 0.2) is 5.41 Å². The lowest BCUT2D eigenvalue weighted by molar-refractivity contribution is -0.120. The van der Waals surface area contributed by atoms with Gasteiger partial charge >= 0.3 is 0 Å². The fourth-order valence-corrected chi connectivity index (χ4v) is 2.77. The second-order valence-corrected chi connectivity index (χ2v) is 5.09. The van der Waals surface area contributed by atoms with Crippen LogP contribution in [0.25, 0.3) is 0 Å². The first kappa shape index (κ1) is 12.6. The highest BCUT2D eigenvalue weighted by atomic mass is 35.5. The number of hydrogen-bond donors (Lipinski definition) is 0. The molecule has 0 heterocycles. The van der Waals surface area contributed by atoms with Gasteiger partial charge in [-0.05, 0) is 17.7 Å². The third kappa shape index (κ3) is 1.78. The number of carbonyl (C=O) groups is 1. The molecule has 2 rings (SSSR count). The topological polar surface area (TPSA) is 64.7 Å². The Labute approximate surface area is 111 Å². The highest BCUT2D eigenvalue weighted by Crippen LogP contribution is 2.50. The first-order chi connectivity index (χ1) is 8.54. The number of hydrogen-bond acceptors (Lipinski definition) is 3. The van der Waals surface area contributed by atoms with Gasteiger partial charge in [-0.2, -0.15) is 10.5 Å². The molecule has 0 N–H and O–H groups in total. The Hall–Kier alpha value is -1.84. The average Bonchev–Trinajstić information content (AvgIpc) is 2.64. The van der Waals surface area contributed by atoms with Crippen LogP contribution in [-0.4, -0.2) is 5.78 Å². The highest BCUT2D eigenvalue weighted by Gasteiger charge is 2.53. The van der Waals surface area contributed by atoms with Crippen LogP contribution in [0.15, 0.2) is 24.3 Å². The zero-order valence-corrected chi connectivity index (χ0v) is 10.6. The number of ketones is 1. The second-order valence-electron chi connectivity index (χ2n) is 4.66. The Balaban J connectivity index is 2.53. The Kier molecular flexibility index (Phi) is 3.11. The van der Waals surface area contributed by atoms with Crippen molar-refractivity contribution in [1.82, 2.24) is 0 Å². The largest absolute Gasteiger partial charge is 0.299 e. The molecule has 0 radical (unpaired) electrons. The van der Waals surface area contributed by atoms with Crippen LogP contribution in [0.4, 0.5) is 0 Å². The molecule has 1 aromatic rings. The normalized spacial score (nSPS) is 25.4. The number of rotatable bonds is 1. The van der Waals surface area contributed by atoms with Crippen LogP contribution >= 0.6 is 11.6 Å². The van der Waals surface area contributed by atoms with Gasteiger partial charge in [-0.25, -0.2) is 0 Å². The van der Waals surface area contributed by atoms with Crippen LogP contribution in [0, 0.1) is 34.0 Å². The summed E-state index contributed by atoms with van der Waals surface area (Å²) >= 11 is 5.83. The van der Waals surface area contributed by atoms with Crippen molar-refractivity contribution in [1.29, 1.82) is 10.5 Å². The minimum absolute atomic E-state index is 0.00839. The average molecular weight is 259 g/mol. The summed E-state index contributed by atoms with van der Waals surface area (Å²) in [5, 5.41) is 19.2. The molecule has 0 aliphatic heterocycles. The van der Waals surface area contributed by atoms with Crippen molar-refractivity contribution in [2.24, 2.45) is 11.3 Å². The number of nitrogens with zero attached hydrogens (tertiary/aromatic N) is 2. The van der Waals surface area contributed by atoms with Crippen LogP contribution in [0.1, 0.15) is 24.8 Å². The van der Waals surface area contributed by atoms with Crippen molar-refractivity contribution < 1.29 is 4.79 Å². The maximum Gasteiger partial charge on any atom is 0.158 e. The molecule has 18 heavy (non-hydrogen) atoms. The maximum atomic E-state index is 11.8. The highest BCUT2D eigenvalue weighted by molar-refractivity contribution is 6.30. The molecule has 0 aromatic heterocycles. The minimum atomic E-state index is -1.25. The second kappa shape index (κ2) is 4.44. The molecule has 1 aromatic carbocycles. The molecule has 0 amide bonds. The van der Waals surface area contributed by atoms with E-state index < -0.39 is 5.41 Å². The number of Topliss-reactive ketones (excluding diaryl/α,β-unsaturated/α-hetero) is 1. The molecule has 1 aliphatic rings. The lowest BCUT2D eigenvalue weighted by atomic mass is 9.74. The first-order valence-corrected chi connectivity index (χ1v) is 6.02. The number of nitriles is 2. The van der Waals surface area contributed by atoms with Gasteiger partial charge in [-0.15, -0.1) is 0 Å². The van der Waals surface area contributed by atoms with E-state index in [9.17, 15) is 15.3 Å². The van der Waals surface area contributed by atoms with Crippen LogP contribution in [-0.2, 0) is 4.79 Å². The van der Waals surface area contributed by atoms with Crippen molar-refractivity contribution in [2.45, 2.75) is 19.3 Å². The molecule has 1 fully saturated rings. The molecular formula is C14H11ClN2O. The van der Waals surface area contributed by atoms with Crippen LogP contribution in [0.5, 0.6) is 0 Å². The summed E-state index contributed by atoms with van der Waals surface area (Å²) in [6.45, 7) is 1.78. The molecule has 1 saturated carbocycles. The summed E-state index contributed by atoms with van der Waals surface area (Å²) in [5.41, 5.74) is -0.425. The molecule has 3 nitrogen and oxygen atoms in total. The van der Waals surface area contributed by atoms with Gasteiger partial charge in [0.2, 0.25) is 0 Å². The summed E-state index contributed by atoms with van der Waals surface area (Å²) in [6, 6.07) is 11.1. The Morgan fingerprint density at radius 1 is 1.28 bits per heavy atom. The van der Waals surface area contributed by atoms with E-state index in [4.69, 9.17) is 11.6 Å². The van der Waals surface area contributed by atoms with E-state index >= 15 is 0 Å². The van der Waals surface area contributed by atoms with Gasteiger partial charge in [0.1, 0.15) is 5.78 Å². The van der Waals surface area contributed by atoms with E-state index in [1.807, 2.05) is 12.1 Å². The van der Waals surface area contributed by atoms with Crippen molar-refractivity contribution in [2.75, 3.05) is 0 Å². The quantitative estimate of drug-likeness (QED) is 0.778. The Bertz CT molecular complexity index is 551. The van der Waals surface area contributed by atoms with Gasteiger partial charge in [-0.1, -0.05) is 30.7 Å². The summed E-state index contributed by atoms with van der Waals surface area (Å²) in [4.78, 5) is 11.8. The predicted octanol–water partition coefficient (Wildman–Crippen LogP) is 3.07. The van der Waals surface area contributed by atoms with Gasteiger partial charge in [0.05, 0.1) is 12.1 Å². The van der Waals surface area contributed by atoms with E-state index in [2.05, 4.69) is 0 Å². The summed E-state index contributed by atoms with van der Waals surface area (Å²) in [7, 11) is 0. The molecule has 0 bridgehead atoms. The van der Waals surface area contributed by atoms with Crippen molar-refractivity contribution >= 4 is 17.4 Å². The number of benzene rings is 1. The van der Waals surface area contributed by atoms with Crippen LogP contribution in [0.2, 0.25) is 5.02 Å². The fraction of sp³-hybridized carbons (Fsp3) is 0.357. The standard InChI is InChI=1S/C14H11ClN2O/c1-9-12(18)6-14(7-16,8-17)13(9)10-2-4-11(15)5-3-10/h2-5,9,13H,6H2,1H3/t9-,13-/m0/s1. The van der Waals surface area contributed by atoms with Gasteiger partial charge < -0.3 is 0 Å². The Morgan fingerprint density at radius 2 is 1.83 bits per heavy atom. The Morgan fingerprint density at radius 3 is 2.33 bits per heavy atom. The van der Waals surface area contributed by atoms with Gasteiger partial charge in [-0.3, -0.25) is 4.79 Å². The lowest BCUT2D eigenvalue weighted by Crippen LogP contribution is -2.22. The molecule has 0 spiro atoms. The predicted molar refractivity (Wildman–Crippen MR) is 66.6 cm³/mol. The maximum absolute atomic E-state index is 11.8. The van der Waals surface area contributed by atoms with E-state index in [0.29, 0.717) is 5.02 Å². The molecular weight excluding hydrogens is 248 g/mol. The van der Waals surface area contributed by atoms with E-state index in [0.717, 1.165) is 5.56 Å². The van der Waals surface area contributed by atoms with Crippen molar-refractivity contribution in [3.05, 3.63) is 34.9 Å². The SMILES string of the molecule is C[C@H]1C(=O)CC(C#N)(C#N)[C@@H]1c1ccc(Cl)cc1. The summed E-state index contributed by atoms with van der Waals surface area (Å²) in [6.07, 6.45) is 0.00839. The number of carbonyl (C=O) groups excluding carboxylic acids is 1. The van der Waals surface area contributed by atoms with E-state index in [1.165, 1.54) is 0 Å². The molecule has 2 atom stereocenters. The zero-order chi connectivity index (χ0) is 13.3. The molecule has 1 aliphatic carbocycles. The van der Waals surface area contributed by atoms with E-state index in [-0.39, 0.29) is 24.0 Å².